The average molecular weight is 546 g/mol. The summed E-state index contributed by atoms with van der Waals surface area (Å²) < 4.78 is 16.7. The number of aliphatic imine (C=N–C) groups is 1. The van der Waals surface area contributed by atoms with Gasteiger partial charge >= 0.3 is 0 Å². The van der Waals surface area contributed by atoms with Crippen molar-refractivity contribution in [1.29, 1.82) is 0 Å². The quantitative estimate of drug-likeness (QED) is 0.297. The zero-order valence-electron chi connectivity index (χ0n) is 19.6. The smallest absolute Gasteiger partial charge is 0.193 e. The number of methoxy groups -OCH3 is 2. The Hall–Kier alpha value is -1.22. The molecular weight excluding hydrogens is 505 g/mol. The van der Waals surface area contributed by atoms with Crippen molar-refractivity contribution < 1.29 is 14.2 Å². The van der Waals surface area contributed by atoms with Crippen LogP contribution >= 0.6 is 24.0 Å². The number of halogens is 1. The van der Waals surface area contributed by atoms with E-state index < -0.39 is 0 Å². The third-order valence-corrected chi connectivity index (χ3v) is 6.75. The topological polar surface area (TPSA) is 55.3 Å². The highest BCUT2D eigenvalue weighted by Gasteiger charge is 2.35. The van der Waals surface area contributed by atoms with Crippen molar-refractivity contribution >= 4 is 29.9 Å². The number of likely N-dealkylation sites (tertiary alicyclic amines) is 1. The molecule has 1 aromatic rings. The van der Waals surface area contributed by atoms with Gasteiger partial charge in [0.1, 0.15) is 0 Å². The van der Waals surface area contributed by atoms with Crippen molar-refractivity contribution in [1.82, 2.24) is 10.2 Å². The van der Waals surface area contributed by atoms with Crippen LogP contribution in [0.4, 0.5) is 0 Å². The van der Waals surface area contributed by atoms with Gasteiger partial charge in [0.2, 0.25) is 0 Å². The van der Waals surface area contributed by atoms with E-state index in [1.807, 2.05) is 13.1 Å². The van der Waals surface area contributed by atoms with E-state index in [9.17, 15) is 0 Å². The minimum Gasteiger partial charge on any atom is -0.493 e. The maximum Gasteiger partial charge on any atom is 0.193 e. The third kappa shape index (κ3) is 6.40. The fourth-order valence-electron chi connectivity index (χ4n) is 4.99. The third-order valence-electron chi connectivity index (χ3n) is 6.75. The maximum atomic E-state index is 5.64. The van der Waals surface area contributed by atoms with Crippen molar-refractivity contribution in [2.75, 3.05) is 54.1 Å². The second-order valence-corrected chi connectivity index (χ2v) is 8.57. The van der Waals surface area contributed by atoms with Gasteiger partial charge in [-0.2, -0.15) is 0 Å². The lowest BCUT2D eigenvalue weighted by atomic mass is 9.69. The summed E-state index contributed by atoms with van der Waals surface area (Å²) in [6.45, 7) is 6.65. The lowest BCUT2D eigenvalue weighted by Crippen LogP contribution is -2.47. The molecule has 1 aliphatic heterocycles. The van der Waals surface area contributed by atoms with Gasteiger partial charge < -0.3 is 24.4 Å². The molecule has 2 fully saturated rings. The molecule has 0 bridgehead atoms. The largest absolute Gasteiger partial charge is 0.493 e. The molecule has 0 spiro atoms. The summed E-state index contributed by atoms with van der Waals surface area (Å²) in [6, 6.07) is 6.42. The molecule has 0 aromatic heterocycles. The Morgan fingerprint density at radius 3 is 2.55 bits per heavy atom. The summed E-state index contributed by atoms with van der Waals surface area (Å²) in [7, 11) is 5.29. The molecule has 1 unspecified atom stereocenters. The van der Waals surface area contributed by atoms with E-state index in [-0.39, 0.29) is 29.4 Å². The first kappa shape index (κ1) is 26.0. The van der Waals surface area contributed by atoms with Crippen molar-refractivity contribution in [2.24, 2.45) is 10.9 Å². The first-order chi connectivity index (χ1) is 14.7. The zero-order chi connectivity index (χ0) is 21.4. The lowest BCUT2D eigenvalue weighted by Gasteiger charge is -2.39. The highest BCUT2D eigenvalue weighted by atomic mass is 127. The summed E-state index contributed by atoms with van der Waals surface area (Å²) in [5, 5.41) is 3.73. The fourth-order valence-corrected chi connectivity index (χ4v) is 4.99. The highest BCUT2D eigenvalue weighted by molar-refractivity contribution is 14.0. The van der Waals surface area contributed by atoms with Crippen molar-refractivity contribution in [3.8, 4) is 11.5 Å². The molecule has 1 aliphatic carbocycles. The number of hydrogen-bond donors (Lipinski definition) is 1. The number of hydrogen-bond acceptors (Lipinski definition) is 4. The number of guanidine groups is 1. The van der Waals surface area contributed by atoms with Crippen LogP contribution in [0.2, 0.25) is 0 Å². The second kappa shape index (κ2) is 12.7. The molecule has 1 saturated carbocycles. The zero-order valence-corrected chi connectivity index (χ0v) is 21.9. The number of benzene rings is 1. The van der Waals surface area contributed by atoms with Gasteiger partial charge in [-0.05, 0) is 43.9 Å². The SMILES string of the molecule is CCOCC1CCN(C(=NC)NCC2(c3ccc(OC)c(OC)c3)CCCCC2)C1.I. The highest BCUT2D eigenvalue weighted by Crippen LogP contribution is 2.42. The molecule has 31 heavy (non-hydrogen) atoms. The van der Waals surface area contributed by atoms with Crippen LogP contribution in [0.1, 0.15) is 51.0 Å². The van der Waals surface area contributed by atoms with Crippen molar-refractivity contribution in [3.63, 3.8) is 0 Å². The van der Waals surface area contributed by atoms with Crippen LogP contribution in [0.3, 0.4) is 0 Å². The van der Waals surface area contributed by atoms with E-state index in [0.29, 0.717) is 5.92 Å². The second-order valence-electron chi connectivity index (χ2n) is 8.57. The Morgan fingerprint density at radius 2 is 1.90 bits per heavy atom. The molecule has 1 atom stereocenters. The van der Waals surface area contributed by atoms with Crippen LogP contribution in [0, 0.1) is 5.92 Å². The van der Waals surface area contributed by atoms with Crippen LogP contribution in [-0.2, 0) is 10.2 Å². The number of rotatable bonds is 8. The van der Waals surface area contributed by atoms with E-state index in [2.05, 4.69) is 34.3 Å². The first-order valence-corrected chi connectivity index (χ1v) is 11.4. The monoisotopic (exact) mass is 545 g/mol. The van der Waals surface area contributed by atoms with Crippen LogP contribution in [0.15, 0.2) is 23.2 Å². The molecule has 176 valence electrons. The maximum absolute atomic E-state index is 5.64. The van der Waals surface area contributed by atoms with E-state index >= 15 is 0 Å². The minimum absolute atomic E-state index is 0. The molecule has 1 N–H and O–H groups in total. The predicted molar refractivity (Wildman–Crippen MR) is 137 cm³/mol. The lowest BCUT2D eigenvalue weighted by molar-refractivity contribution is 0.114. The van der Waals surface area contributed by atoms with Gasteiger partial charge in [-0.1, -0.05) is 25.3 Å². The van der Waals surface area contributed by atoms with Crippen LogP contribution < -0.4 is 14.8 Å². The molecule has 6 nitrogen and oxygen atoms in total. The number of nitrogens with one attached hydrogen (secondary N) is 1. The molecule has 0 radical (unpaired) electrons. The van der Waals surface area contributed by atoms with Crippen LogP contribution in [0.25, 0.3) is 0 Å². The predicted octanol–water partition coefficient (Wildman–Crippen LogP) is 4.46. The van der Waals surface area contributed by atoms with Crippen molar-refractivity contribution in [3.05, 3.63) is 23.8 Å². The Labute approximate surface area is 205 Å². The Kier molecular flexibility index (Phi) is 10.7. The molecule has 2 aliphatic rings. The van der Waals surface area contributed by atoms with Gasteiger partial charge in [-0.15, -0.1) is 24.0 Å². The molecule has 1 heterocycles. The standard InChI is InChI=1S/C24H39N3O3.HI/c1-5-30-17-19-11-14-27(16-19)23(25-2)26-18-24(12-7-6-8-13-24)20-9-10-21(28-3)22(15-20)29-4;/h9-10,15,19H,5-8,11-14,16-18H2,1-4H3,(H,25,26);1H. The Bertz CT molecular complexity index is 707. The molecule has 1 saturated heterocycles. The van der Waals surface area contributed by atoms with E-state index in [4.69, 9.17) is 14.2 Å². The summed E-state index contributed by atoms with van der Waals surface area (Å²) in [6.07, 6.45) is 7.36. The van der Waals surface area contributed by atoms with Crippen LogP contribution in [0.5, 0.6) is 11.5 Å². The van der Waals surface area contributed by atoms with Gasteiger partial charge in [-0.3, -0.25) is 4.99 Å². The molecular formula is C24H40IN3O3. The van der Waals surface area contributed by atoms with Crippen LogP contribution in [-0.4, -0.2) is 65.0 Å². The summed E-state index contributed by atoms with van der Waals surface area (Å²) in [5.41, 5.74) is 1.43. The van der Waals surface area contributed by atoms with Crippen molar-refractivity contribution in [2.45, 2.75) is 50.9 Å². The Balaban J connectivity index is 0.00000341. The Morgan fingerprint density at radius 1 is 1.16 bits per heavy atom. The normalized spacial score (nSPS) is 20.8. The molecule has 7 heteroatoms. The van der Waals surface area contributed by atoms with E-state index in [1.54, 1.807) is 14.2 Å². The van der Waals surface area contributed by atoms with Gasteiger partial charge in [0.15, 0.2) is 17.5 Å². The number of ether oxygens (including phenoxy) is 3. The molecule has 3 rings (SSSR count). The van der Waals surface area contributed by atoms with Gasteiger partial charge in [0, 0.05) is 44.6 Å². The molecule has 1 aromatic carbocycles. The van der Waals surface area contributed by atoms with Gasteiger partial charge in [0.25, 0.3) is 0 Å². The average Bonchev–Trinajstić information content (AvgIpc) is 3.27. The first-order valence-electron chi connectivity index (χ1n) is 11.4. The fraction of sp³-hybridized carbons (Fsp3) is 0.708. The van der Waals surface area contributed by atoms with Gasteiger partial charge in [-0.25, -0.2) is 0 Å². The molecule has 0 amide bonds. The van der Waals surface area contributed by atoms with E-state index in [0.717, 1.165) is 50.3 Å². The van der Waals surface area contributed by atoms with Gasteiger partial charge in [0.05, 0.1) is 20.8 Å². The summed E-state index contributed by atoms with van der Waals surface area (Å²) in [4.78, 5) is 6.98. The summed E-state index contributed by atoms with van der Waals surface area (Å²) >= 11 is 0. The summed E-state index contributed by atoms with van der Waals surface area (Å²) in [5.74, 6) is 3.20. The van der Waals surface area contributed by atoms with E-state index in [1.165, 1.54) is 44.1 Å². The minimum atomic E-state index is 0. The number of nitrogens with zero attached hydrogens (tertiary/aromatic N) is 2.